The Morgan fingerprint density at radius 1 is 1.20 bits per heavy atom. The van der Waals surface area contributed by atoms with E-state index in [-0.39, 0.29) is 0 Å². The van der Waals surface area contributed by atoms with E-state index in [1.807, 2.05) is 30.3 Å². The van der Waals surface area contributed by atoms with Crippen LogP contribution in [0.3, 0.4) is 0 Å². The minimum absolute atomic E-state index is 0.751. The second-order valence-corrected chi connectivity index (χ2v) is 7.00. The van der Waals surface area contributed by atoms with E-state index >= 15 is 0 Å². The number of hydrogen-bond acceptors (Lipinski definition) is 3. The van der Waals surface area contributed by atoms with Crippen molar-refractivity contribution < 1.29 is 4.74 Å². The Hall–Kier alpha value is -1.85. The number of H-pyrrole nitrogens is 1. The molecule has 0 amide bonds. The zero-order valence-corrected chi connectivity index (χ0v) is 16.1. The van der Waals surface area contributed by atoms with E-state index in [1.165, 1.54) is 5.56 Å². The molecule has 0 bridgehead atoms. The van der Waals surface area contributed by atoms with E-state index in [9.17, 15) is 0 Å². The summed E-state index contributed by atoms with van der Waals surface area (Å²) >= 11 is 3.54. The Labute approximate surface area is 157 Å². The van der Waals surface area contributed by atoms with Crippen molar-refractivity contribution >= 4 is 27.0 Å². The predicted molar refractivity (Wildman–Crippen MR) is 106 cm³/mol. The number of nitrogens with one attached hydrogen (secondary N) is 2. The van der Waals surface area contributed by atoms with Gasteiger partial charge in [-0.2, -0.15) is 0 Å². The topological polar surface area (TPSA) is 49.9 Å². The molecule has 132 valence electrons. The van der Waals surface area contributed by atoms with Gasteiger partial charge in [-0.05, 0) is 49.7 Å². The fraction of sp³-hybridized carbons (Fsp3) is 0.350. The van der Waals surface area contributed by atoms with Gasteiger partial charge in [0.25, 0.3) is 0 Å². The van der Waals surface area contributed by atoms with Crippen LogP contribution in [0.2, 0.25) is 0 Å². The smallest absolute Gasteiger partial charge is 0.123 e. The molecule has 2 aromatic carbocycles. The Morgan fingerprint density at radius 3 is 2.92 bits per heavy atom. The second kappa shape index (κ2) is 9.02. The molecule has 0 fully saturated rings. The van der Waals surface area contributed by atoms with E-state index in [4.69, 9.17) is 4.74 Å². The van der Waals surface area contributed by atoms with Crippen molar-refractivity contribution in [3.63, 3.8) is 0 Å². The monoisotopic (exact) mass is 401 g/mol. The van der Waals surface area contributed by atoms with Gasteiger partial charge in [-0.1, -0.05) is 35.0 Å². The molecular formula is C20H24BrN3O. The summed E-state index contributed by atoms with van der Waals surface area (Å²) in [5, 5.41) is 3.51. The van der Waals surface area contributed by atoms with Gasteiger partial charge in [-0.15, -0.1) is 0 Å². The molecule has 0 atom stereocenters. The predicted octanol–water partition coefficient (Wildman–Crippen LogP) is 4.84. The molecule has 3 aromatic rings. The van der Waals surface area contributed by atoms with Gasteiger partial charge in [-0.25, -0.2) is 4.98 Å². The lowest BCUT2D eigenvalue weighted by molar-refractivity contribution is 0.313. The number of rotatable bonds is 9. The number of fused-ring (bicyclic) bond motifs is 1. The molecule has 0 aliphatic carbocycles. The van der Waals surface area contributed by atoms with Gasteiger partial charge in [0, 0.05) is 23.0 Å². The molecule has 1 aromatic heterocycles. The fourth-order valence-electron chi connectivity index (χ4n) is 2.77. The van der Waals surface area contributed by atoms with E-state index in [2.05, 4.69) is 50.3 Å². The van der Waals surface area contributed by atoms with Crippen molar-refractivity contribution in [2.45, 2.75) is 32.7 Å². The van der Waals surface area contributed by atoms with Crippen LogP contribution in [0.15, 0.2) is 46.9 Å². The van der Waals surface area contributed by atoms with Crippen LogP contribution in [0.5, 0.6) is 5.75 Å². The maximum absolute atomic E-state index is 5.83. The molecule has 1 heterocycles. The number of hydrogen-bond donors (Lipinski definition) is 2. The Balaban J connectivity index is 1.47. The highest BCUT2D eigenvalue weighted by molar-refractivity contribution is 9.10. The lowest BCUT2D eigenvalue weighted by Gasteiger charge is -2.12. The molecule has 3 rings (SSSR count). The highest BCUT2D eigenvalue weighted by Gasteiger charge is 2.05. The molecule has 2 N–H and O–H groups in total. The number of imidazole rings is 1. The van der Waals surface area contributed by atoms with Crippen molar-refractivity contribution in [3.8, 4) is 5.75 Å². The highest BCUT2D eigenvalue weighted by atomic mass is 79.9. The van der Waals surface area contributed by atoms with Crippen LogP contribution >= 0.6 is 15.9 Å². The largest absolute Gasteiger partial charge is 0.493 e. The van der Waals surface area contributed by atoms with Crippen LogP contribution in [0.4, 0.5) is 0 Å². The summed E-state index contributed by atoms with van der Waals surface area (Å²) in [6.45, 7) is 4.62. The molecule has 0 saturated heterocycles. The van der Waals surface area contributed by atoms with Crippen molar-refractivity contribution in [2.24, 2.45) is 0 Å². The van der Waals surface area contributed by atoms with Gasteiger partial charge in [0.1, 0.15) is 11.6 Å². The third-order valence-electron chi connectivity index (χ3n) is 4.01. The van der Waals surface area contributed by atoms with Gasteiger partial charge in [0.05, 0.1) is 17.6 Å². The zero-order chi connectivity index (χ0) is 17.5. The number of ether oxygens (including phenoxy) is 1. The van der Waals surface area contributed by atoms with E-state index in [1.54, 1.807) is 0 Å². The molecule has 25 heavy (non-hydrogen) atoms. The summed E-state index contributed by atoms with van der Waals surface area (Å²) < 4.78 is 6.90. The normalized spacial score (nSPS) is 11.1. The summed E-state index contributed by atoms with van der Waals surface area (Å²) in [6.07, 6.45) is 3.00. The van der Waals surface area contributed by atoms with Gasteiger partial charge < -0.3 is 15.0 Å². The number of halogens is 1. The van der Waals surface area contributed by atoms with Crippen molar-refractivity contribution in [1.82, 2.24) is 15.3 Å². The summed E-state index contributed by atoms with van der Waals surface area (Å²) in [4.78, 5) is 8.00. The molecule has 0 aliphatic heterocycles. The molecule has 0 saturated carbocycles. The van der Waals surface area contributed by atoms with Gasteiger partial charge >= 0.3 is 0 Å². The number of para-hydroxylation sites is 2. The first-order valence-corrected chi connectivity index (χ1v) is 9.61. The third kappa shape index (κ3) is 5.06. The summed E-state index contributed by atoms with van der Waals surface area (Å²) in [5.74, 6) is 2.02. The quantitative estimate of drug-likeness (QED) is 0.504. The number of aryl methyl sites for hydroxylation is 1. The summed E-state index contributed by atoms with van der Waals surface area (Å²) in [5.41, 5.74) is 3.33. The first-order valence-electron chi connectivity index (χ1n) is 8.82. The first kappa shape index (κ1) is 18.0. The van der Waals surface area contributed by atoms with Crippen molar-refractivity contribution in [3.05, 3.63) is 58.3 Å². The molecular weight excluding hydrogens is 378 g/mol. The van der Waals surface area contributed by atoms with Gasteiger partial charge in [0.2, 0.25) is 0 Å². The number of nitrogens with zero attached hydrogens (tertiary/aromatic N) is 1. The van der Waals surface area contributed by atoms with Crippen LogP contribution in [-0.4, -0.2) is 23.1 Å². The number of benzene rings is 2. The molecule has 0 aliphatic rings. The van der Waals surface area contributed by atoms with Crippen LogP contribution in [0.1, 0.15) is 31.2 Å². The van der Waals surface area contributed by atoms with Crippen LogP contribution in [0.25, 0.3) is 11.0 Å². The lowest BCUT2D eigenvalue weighted by Crippen LogP contribution is -2.16. The number of aromatic nitrogens is 2. The average Bonchev–Trinajstić information content (AvgIpc) is 3.03. The van der Waals surface area contributed by atoms with Crippen LogP contribution in [-0.2, 0) is 13.0 Å². The second-order valence-electron chi connectivity index (χ2n) is 6.08. The molecule has 0 radical (unpaired) electrons. The summed E-state index contributed by atoms with van der Waals surface area (Å²) in [6, 6.07) is 14.3. The van der Waals surface area contributed by atoms with Crippen LogP contribution in [0, 0.1) is 0 Å². The molecule has 5 heteroatoms. The standard InChI is InChI=1S/C20H24BrN3O/c1-2-12-25-19-10-9-16(21)13-15(19)14-22-11-5-8-20-23-17-6-3-4-7-18(17)24-20/h3-4,6-7,9-10,13,22H,2,5,8,11-12,14H2,1H3,(H,23,24). The molecule has 0 unspecified atom stereocenters. The maximum atomic E-state index is 5.83. The SMILES string of the molecule is CCCOc1ccc(Br)cc1CNCCCc1nc2ccccc2[nH]1. The van der Waals surface area contributed by atoms with Crippen molar-refractivity contribution in [1.29, 1.82) is 0 Å². The van der Waals surface area contributed by atoms with Gasteiger partial charge in [0.15, 0.2) is 0 Å². The average molecular weight is 402 g/mol. The molecule has 0 spiro atoms. The first-order chi connectivity index (χ1) is 12.3. The Kier molecular flexibility index (Phi) is 6.48. The minimum Gasteiger partial charge on any atom is -0.493 e. The summed E-state index contributed by atoms with van der Waals surface area (Å²) in [7, 11) is 0. The van der Waals surface area contributed by atoms with E-state index in [0.29, 0.717) is 0 Å². The Morgan fingerprint density at radius 2 is 2.08 bits per heavy atom. The van der Waals surface area contributed by atoms with Gasteiger partial charge in [-0.3, -0.25) is 0 Å². The minimum atomic E-state index is 0.751. The van der Waals surface area contributed by atoms with Crippen molar-refractivity contribution in [2.75, 3.05) is 13.2 Å². The zero-order valence-electron chi connectivity index (χ0n) is 14.5. The third-order valence-corrected chi connectivity index (χ3v) is 4.50. The fourth-order valence-corrected chi connectivity index (χ4v) is 3.18. The lowest BCUT2D eigenvalue weighted by atomic mass is 10.2. The van der Waals surface area contributed by atoms with E-state index in [0.717, 1.165) is 66.0 Å². The van der Waals surface area contributed by atoms with E-state index < -0.39 is 0 Å². The maximum Gasteiger partial charge on any atom is 0.123 e. The highest BCUT2D eigenvalue weighted by Crippen LogP contribution is 2.23. The van der Waals surface area contributed by atoms with Crippen LogP contribution < -0.4 is 10.1 Å². The Bertz CT molecular complexity index is 783. The molecule has 4 nitrogen and oxygen atoms in total. The number of aromatic amines is 1.